The van der Waals surface area contributed by atoms with Crippen molar-refractivity contribution in [3.8, 4) is 16.9 Å². The first-order valence-corrected chi connectivity index (χ1v) is 6.22. The van der Waals surface area contributed by atoms with Crippen LogP contribution in [0.1, 0.15) is 5.56 Å². The standard InChI is InChI=1S/C15H13F4NO.ClH/c16-13-9-11(3-6-14(13)21-8-7-20)10-1-4-12(5-2-10)15(17,18)19;/h1-6,9H,7-8,20H2;1H. The van der Waals surface area contributed by atoms with E-state index < -0.39 is 17.6 Å². The number of ether oxygens (including phenoxy) is 1. The lowest BCUT2D eigenvalue weighted by Gasteiger charge is -2.09. The van der Waals surface area contributed by atoms with Crippen LogP contribution in [0, 0.1) is 5.82 Å². The summed E-state index contributed by atoms with van der Waals surface area (Å²) >= 11 is 0. The normalized spacial score (nSPS) is 11.0. The number of hydrogen-bond acceptors (Lipinski definition) is 2. The minimum absolute atomic E-state index is 0. The minimum atomic E-state index is -4.39. The summed E-state index contributed by atoms with van der Waals surface area (Å²) in [6.45, 7) is 0.455. The van der Waals surface area contributed by atoms with Gasteiger partial charge >= 0.3 is 6.18 Å². The fourth-order valence-electron chi connectivity index (χ4n) is 1.82. The third kappa shape index (κ3) is 4.35. The van der Waals surface area contributed by atoms with E-state index in [0.717, 1.165) is 12.1 Å². The summed E-state index contributed by atoms with van der Waals surface area (Å²) in [6, 6.07) is 8.76. The Balaban J connectivity index is 0.00000242. The van der Waals surface area contributed by atoms with Gasteiger partial charge in [0.15, 0.2) is 11.6 Å². The van der Waals surface area contributed by atoms with E-state index in [1.165, 1.54) is 24.3 Å². The molecule has 0 aromatic heterocycles. The fourth-order valence-corrected chi connectivity index (χ4v) is 1.82. The molecule has 7 heteroatoms. The monoisotopic (exact) mass is 335 g/mol. The predicted molar refractivity (Wildman–Crippen MR) is 78.6 cm³/mol. The van der Waals surface area contributed by atoms with Crippen molar-refractivity contribution in [3.05, 3.63) is 53.8 Å². The Morgan fingerprint density at radius 1 is 0.955 bits per heavy atom. The molecule has 2 aromatic carbocycles. The smallest absolute Gasteiger partial charge is 0.416 e. The Kier molecular flexibility index (Phi) is 6.20. The highest BCUT2D eigenvalue weighted by molar-refractivity contribution is 5.85. The number of nitrogens with two attached hydrogens (primary N) is 1. The lowest BCUT2D eigenvalue weighted by atomic mass is 10.0. The van der Waals surface area contributed by atoms with Crippen LogP contribution in [0.5, 0.6) is 5.75 Å². The molecule has 2 aromatic rings. The van der Waals surface area contributed by atoms with Crippen LogP contribution >= 0.6 is 12.4 Å². The first-order valence-electron chi connectivity index (χ1n) is 6.22. The van der Waals surface area contributed by atoms with Gasteiger partial charge in [-0.05, 0) is 35.4 Å². The van der Waals surface area contributed by atoms with E-state index in [-0.39, 0.29) is 31.3 Å². The van der Waals surface area contributed by atoms with Crippen molar-refractivity contribution in [1.29, 1.82) is 0 Å². The molecule has 0 spiro atoms. The molecule has 0 radical (unpaired) electrons. The number of alkyl halides is 3. The van der Waals surface area contributed by atoms with E-state index in [9.17, 15) is 17.6 Å². The second-order valence-corrected chi connectivity index (χ2v) is 4.36. The van der Waals surface area contributed by atoms with Crippen molar-refractivity contribution >= 4 is 12.4 Å². The van der Waals surface area contributed by atoms with E-state index in [0.29, 0.717) is 11.1 Å². The van der Waals surface area contributed by atoms with Crippen LogP contribution in [0.15, 0.2) is 42.5 Å². The molecule has 0 atom stereocenters. The zero-order valence-electron chi connectivity index (χ0n) is 11.4. The van der Waals surface area contributed by atoms with Crippen molar-refractivity contribution in [2.45, 2.75) is 6.18 Å². The second kappa shape index (κ2) is 7.47. The Hall–Kier alpha value is -1.79. The van der Waals surface area contributed by atoms with Gasteiger partial charge in [-0.15, -0.1) is 12.4 Å². The SMILES string of the molecule is Cl.NCCOc1ccc(-c2ccc(C(F)(F)F)cc2)cc1F. The number of halogens is 5. The molecule has 0 saturated carbocycles. The summed E-state index contributed by atoms with van der Waals surface area (Å²) in [5.41, 5.74) is 5.48. The summed E-state index contributed by atoms with van der Waals surface area (Å²) in [6.07, 6.45) is -4.39. The maximum absolute atomic E-state index is 13.8. The van der Waals surface area contributed by atoms with Gasteiger partial charge in [-0.1, -0.05) is 18.2 Å². The van der Waals surface area contributed by atoms with Crippen LogP contribution in [-0.2, 0) is 6.18 Å². The average Bonchev–Trinajstić information content (AvgIpc) is 2.45. The fraction of sp³-hybridized carbons (Fsp3) is 0.200. The Morgan fingerprint density at radius 3 is 2.05 bits per heavy atom. The second-order valence-electron chi connectivity index (χ2n) is 4.36. The lowest BCUT2D eigenvalue weighted by Crippen LogP contribution is -2.11. The first-order chi connectivity index (χ1) is 9.91. The van der Waals surface area contributed by atoms with Gasteiger partial charge in [0.1, 0.15) is 6.61 Å². The molecule has 0 aliphatic rings. The van der Waals surface area contributed by atoms with Crippen LogP contribution < -0.4 is 10.5 Å². The Morgan fingerprint density at radius 2 is 1.55 bits per heavy atom. The summed E-state index contributed by atoms with van der Waals surface area (Å²) in [7, 11) is 0. The molecule has 22 heavy (non-hydrogen) atoms. The maximum atomic E-state index is 13.8. The molecule has 2 nitrogen and oxygen atoms in total. The maximum Gasteiger partial charge on any atom is 0.416 e. The minimum Gasteiger partial charge on any atom is -0.489 e. The molecule has 120 valence electrons. The van der Waals surface area contributed by atoms with Crippen LogP contribution in [0.4, 0.5) is 17.6 Å². The lowest BCUT2D eigenvalue weighted by molar-refractivity contribution is -0.137. The van der Waals surface area contributed by atoms with Crippen molar-refractivity contribution < 1.29 is 22.3 Å². The molecular weight excluding hydrogens is 322 g/mol. The van der Waals surface area contributed by atoms with E-state index in [2.05, 4.69) is 0 Å². The zero-order valence-corrected chi connectivity index (χ0v) is 12.2. The van der Waals surface area contributed by atoms with Gasteiger partial charge in [-0.3, -0.25) is 0 Å². The molecule has 0 aliphatic carbocycles. The molecule has 0 unspecified atom stereocenters. The number of rotatable bonds is 4. The molecular formula is C15H14ClF4NO. The van der Waals surface area contributed by atoms with Gasteiger partial charge < -0.3 is 10.5 Å². The van der Waals surface area contributed by atoms with Crippen LogP contribution in [0.2, 0.25) is 0 Å². The molecule has 0 amide bonds. The van der Waals surface area contributed by atoms with Crippen molar-refractivity contribution in [3.63, 3.8) is 0 Å². The molecule has 0 aliphatic heterocycles. The molecule has 0 heterocycles. The van der Waals surface area contributed by atoms with Gasteiger partial charge in [0.25, 0.3) is 0 Å². The van der Waals surface area contributed by atoms with Gasteiger partial charge in [-0.2, -0.15) is 13.2 Å². The van der Waals surface area contributed by atoms with Crippen molar-refractivity contribution in [2.24, 2.45) is 5.73 Å². The largest absolute Gasteiger partial charge is 0.489 e. The quantitative estimate of drug-likeness (QED) is 0.847. The van der Waals surface area contributed by atoms with E-state index in [1.54, 1.807) is 6.07 Å². The van der Waals surface area contributed by atoms with Gasteiger partial charge in [-0.25, -0.2) is 4.39 Å². The molecule has 2 N–H and O–H groups in total. The Labute approximate surface area is 131 Å². The van der Waals surface area contributed by atoms with Crippen molar-refractivity contribution in [1.82, 2.24) is 0 Å². The van der Waals surface area contributed by atoms with Crippen LogP contribution in [0.3, 0.4) is 0 Å². The predicted octanol–water partition coefficient (Wildman–Crippen LogP) is 4.27. The summed E-state index contributed by atoms with van der Waals surface area (Å²) in [5.74, 6) is -0.517. The highest BCUT2D eigenvalue weighted by Crippen LogP contribution is 2.31. The summed E-state index contributed by atoms with van der Waals surface area (Å²) < 4.78 is 56.3. The van der Waals surface area contributed by atoms with Gasteiger partial charge in [0, 0.05) is 6.54 Å². The zero-order chi connectivity index (χ0) is 15.5. The Bertz CT molecular complexity index is 614. The molecule has 0 saturated heterocycles. The molecule has 0 fully saturated rings. The van der Waals surface area contributed by atoms with Gasteiger partial charge in [0.05, 0.1) is 5.56 Å². The number of benzene rings is 2. The summed E-state index contributed by atoms with van der Waals surface area (Å²) in [4.78, 5) is 0. The highest BCUT2D eigenvalue weighted by Gasteiger charge is 2.29. The third-order valence-electron chi connectivity index (χ3n) is 2.85. The number of hydrogen-bond donors (Lipinski definition) is 1. The highest BCUT2D eigenvalue weighted by atomic mass is 35.5. The van der Waals surface area contributed by atoms with Gasteiger partial charge in [0.2, 0.25) is 0 Å². The first kappa shape index (κ1) is 18.3. The van der Waals surface area contributed by atoms with E-state index in [4.69, 9.17) is 10.5 Å². The third-order valence-corrected chi connectivity index (χ3v) is 2.85. The topological polar surface area (TPSA) is 35.2 Å². The molecule has 2 rings (SSSR count). The van der Waals surface area contributed by atoms with E-state index >= 15 is 0 Å². The van der Waals surface area contributed by atoms with Crippen LogP contribution in [0.25, 0.3) is 11.1 Å². The van der Waals surface area contributed by atoms with E-state index in [1.807, 2.05) is 0 Å². The molecule has 0 bridgehead atoms. The van der Waals surface area contributed by atoms with Crippen LogP contribution in [-0.4, -0.2) is 13.2 Å². The average molecular weight is 336 g/mol. The van der Waals surface area contributed by atoms with Crippen molar-refractivity contribution in [2.75, 3.05) is 13.2 Å². The summed E-state index contributed by atoms with van der Waals surface area (Å²) in [5, 5.41) is 0.